The number of carbonyl (C=O) groups is 2. The van der Waals surface area contributed by atoms with Gasteiger partial charge in [0.25, 0.3) is 0 Å². The number of hydrazine groups is 1. The maximum Gasteiger partial charge on any atom is 0.426 e. The van der Waals surface area contributed by atoms with E-state index in [9.17, 15) is 9.59 Å². The molecule has 1 aliphatic carbocycles. The Morgan fingerprint density at radius 2 is 1.67 bits per heavy atom. The smallest absolute Gasteiger partial charge is 0.426 e. The van der Waals surface area contributed by atoms with Gasteiger partial charge in [0, 0.05) is 8.77 Å². The van der Waals surface area contributed by atoms with Crippen molar-refractivity contribution in [2.75, 3.05) is 0 Å². The van der Waals surface area contributed by atoms with Crippen molar-refractivity contribution in [1.29, 1.82) is 0 Å². The Balaban J connectivity index is 0. The van der Waals surface area contributed by atoms with Crippen molar-refractivity contribution in [2.24, 2.45) is 11.8 Å². The first-order valence-corrected chi connectivity index (χ1v) is 6.57. The molecule has 1 rings (SSSR count). The topological polar surface area (TPSA) is 67.4 Å². The summed E-state index contributed by atoms with van der Waals surface area (Å²) >= 11 is 0. The second-order valence-corrected chi connectivity index (χ2v) is 6.07. The maximum atomic E-state index is 11.8. The predicted octanol–water partition coefficient (Wildman–Crippen LogP) is 2.86. The van der Waals surface area contributed by atoms with Gasteiger partial charge in [0.2, 0.25) is 5.91 Å². The maximum absolute atomic E-state index is 11.8. The van der Waals surface area contributed by atoms with Crippen LogP contribution in [0.25, 0.3) is 0 Å². The summed E-state index contributed by atoms with van der Waals surface area (Å²) in [7, 11) is 0. The highest BCUT2D eigenvalue weighted by Gasteiger charge is 2.25. The van der Waals surface area contributed by atoms with Crippen LogP contribution in [-0.2, 0) is 9.53 Å². The van der Waals surface area contributed by atoms with E-state index in [1.165, 1.54) is 0 Å². The van der Waals surface area contributed by atoms with Crippen LogP contribution in [0.2, 0.25) is 0 Å². The molecule has 0 aromatic heterocycles. The molecule has 0 aromatic carbocycles. The Labute approximate surface area is 112 Å². The molecule has 1 saturated carbocycles. The molecule has 2 N–H and O–H groups in total. The summed E-state index contributed by atoms with van der Waals surface area (Å²) in [5.74, 6) is 0.594. The molecule has 1 fully saturated rings. The van der Waals surface area contributed by atoms with Crippen molar-refractivity contribution in [3.05, 3.63) is 0 Å². The van der Waals surface area contributed by atoms with Gasteiger partial charge in [-0.3, -0.25) is 10.2 Å². The van der Waals surface area contributed by atoms with Crippen LogP contribution in [0.5, 0.6) is 0 Å². The molecular formula is C13H28N2O3. The third kappa shape index (κ3) is 5.38. The Morgan fingerprint density at radius 1 is 1.11 bits per heavy atom. The van der Waals surface area contributed by atoms with Gasteiger partial charge in [-0.1, -0.05) is 6.92 Å². The highest BCUT2D eigenvalue weighted by atomic mass is 16.6. The second-order valence-electron chi connectivity index (χ2n) is 6.07. The normalized spacial score (nSPS) is 24.2. The molecule has 1 aliphatic rings. The highest BCUT2D eigenvalue weighted by molar-refractivity contribution is 5.81. The Morgan fingerprint density at radius 3 is 2.17 bits per heavy atom. The Kier molecular flexibility index (Phi) is 4.99. The molecule has 0 aromatic rings. The lowest BCUT2D eigenvalue weighted by Gasteiger charge is -2.25. The lowest BCUT2D eigenvalue weighted by molar-refractivity contribution is -0.127. The van der Waals surface area contributed by atoms with Crippen molar-refractivity contribution in [3.63, 3.8) is 0 Å². The van der Waals surface area contributed by atoms with Crippen LogP contribution in [0.3, 0.4) is 0 Å². The van der Waals surface area contributed by atoms with Crippen molar-refractivity contribution in [1.82, 2.24) is 10.9 Å². The van der Waals surface area contributed by atoms with Gasteiger partial charge in [-0.15, -0.1) is 0 Å². The zero-order valence-corrected chi connectivity index (χ0v) is 11.7. The van der Waals surface area contributed by atoms with Gasteiger partial charge >= 0.3 is 6.09 Å². The minimum Gasteiger partial charge on any atom is -0.443 e. The van der Waals surface area contributed by atoms with Crippen molar-refractivity contribution in [3.8, 4) is 0 Å². The molecule has 5 heteroatoms. The molecule has 0 atom stereocenters. The minimum absolute atomic E-state index is 0. The van der Waals surface area contributed by atoms with Crippen molar-refractivity contribution < 1.29 is 17.2 Å². The monoisotopic (exact) mass is 260 g/mol. The fourth-order valence-corrected chi connectivity index (χ4v) is 2.04. The van der Waals surface area contributed by atoms with E-state index in [4.69, 9.17) is 4.74 Å². The molecule has 0 bridgehead atoms. The van der Waals surface area contributed by atoms with Crippen LogP contribution in [0, 0.1) is 11.8 Å². The number of carbonyl (C=O) groups excluding carboxylic acids is 2. The quantitative estimate of drug-likeness (QED) is 0.712. The fraction of sp³-hybridized carbons (Fsp3) is 0.846. The molecule has 0 radical (unpaired) electrons. The summed E-state index contributed by atoms with van der Waals surface area (Å²) in [6.45, 7) is 7.53. The molecule has 0 aliphatic heterocycles. The zero-order valence-electron chi connectivity index (χ0n) is 11.7. The average molecular weight is 260 g/mol. The third-order valence-corrected chi connectivity index (χ3v) is 3.07. The molecule has 18 heavy (non-hydrogen) atoms. The summed E-state index contributed by atoms with van der Waals surface area (Å²) in [5, 5.41) is 0. The van der Waals surface area contributed by atoms with E-state index in [1.807, 2.05) is 0 Å². The minimum atomic E-state index is -0.625. The Bertz CT molecular complexity index is 311. The molecule has 108 valence electrons. The molecular weight excluding hydrogens is 232 g/mol. The van der Waals surface area contributed by atoms with E-state index < -0.39 is 11.7 Å². The first kappa shape index (κ1) is 14.8. The van der Waals surface area contributed by atoms with Crippen molar-refractivity contribution >= 4 is 12.0 Å². The van der Waals surface area contributed by atoms with E-state index in [-0.39, 0.29) is 14.7 Å². The van der Waals surface area contributed by atoms with E-state index in [0.717, 1.165) is 25.7 Å². The average Bonchev–Trinajstić information content (AvgIpc) is 2.24. The molecule has 0 saturated heterocycles. The Hall–Kier alpha value is -1.26. The van der Waals surface area contributed by atoms with Gasteiger partial charge in [-0.2, -0.15) is 0 Å². The third-order valence-electron chi connectivity index (χ3n) is 3.07. The van der Waals surface area contributed by atoms with Crippen LogP contribution in [0.4, 0.5) is 4.79 Å². The summed E-state index contributed by atoms with van der Waals surface area (Å²) in [5.41, 5.74) is 4.15. The summed E-state index contributed by atoms with van der Waals surface area (Å²) < 4.78 is 5.03. The summed E-state index contributed by atoms with van der Waals surface area (Å²) in [6, 6.07) is 0. The van der Waals surface area contributed by atoms with Crippen LogP contribution >= 0.6 is 0 Å². The second kappa shape index (κ2) is 6.07. The molecule has 0 heterocycles. The SMILES string of the molecule is CC1CCC(C(=O)NNC(=O)OC(C)(C)C)CC1.[HH].[HH]. The number of hydrogen-bond donors (Lipinski definition) is 2. The number of amides is 2. The van der Waals surface area contributed by atoms with Gasteiger partial charge in [-0.25, -0.2) is 10.2 Å². The largest absolute Gasteiger partial charge is 0.443 e. The van der Waals surface area contributed by atoms with Crippen LogP contribution in [0.1, 0.15) is 56.2 Å². The molecule has 2 amide bonds. The van der Waals surface area contributed by atoms with E-state index in [0.29, 0.717) is 5.92 Å². The first-order valence-electron chi connectivity index (χ1n) is 6.57. The van der Waals surface area contributed by atoms with Crippen molar-refractivity contribution in [2.45, 2.75) is 59.0 Å². The molecule has 0 spiro atoms. The zero-order chi connectivity index (χ0) is 13.8. The van der Waals surface area contributed by atoms with Gasteiger partial charge in [0.05, 0.1) is 0 Å². The van der Waals surface area contributed by atoms with Gasteiger partial charge in [-0.05, 0) is 52.4 Å². The highest BCUT2D eigenvalue weighted by Crippen LogP contribution is 2.28. The first-order chi connectivity index (χ1) is 8.28. The summed E-state index contributed by atoms with van der Waals surface area (Å²) in [6.07, 6.45) is 3.31. The lowest BCUT2D eigenvalue weighted by Crippen LogP contribution is -2.47. The van der Waals surface area contributed by atoms with Gasteiger partial charge < -0.3 is 4.74 Å². The van der Waals surface area contributed by atoms with Crippen LogP contribution in [0.15, 0.2) is 0 Å². The van der Waals surface area contributed by atoms with Crippen LogP contribution in [-0.4, -0.2) is 17.6 Å². The van der Waals surface area contributed by atoms with E-state index in [2.05, 4.69) is 17.8 Å². The summed E-state index contributed by atoms with van der Waals surface area (Å²) in [4.78, 5) is 23.1. The number of nitrogens with one attached hydrogen (secondary N) is 2. The standard InChI is InChI=1S/C13H24N2O3.2H2/c1-9-5-7-10(8-6-9)11(16)14-15-12(17)18-13(2,3)4;;/h9-10H,5-8H2,1-4H3,(H,14,16)(H,15,17);2*1H. The van der Waals surface area contributed by atoms with E-state index >= 15 is 0 Å². The number of hydrogen-bond acceptors (Lipinski definition) is 3. The lowest BCUT2D eigenvalue weighted by atomic mass is 9.83. The van der Waals surface area contributed by atoms with Gasteiger partial charge in [0.15, 0.2) is 0 Å². The van der Waals surface area contributed by atoms with Crippen LogP contribution < -0.4 is 10.9 Å². The molecule has 5 nitrogen and oxygen atoms in total. The number of rotatable bonds is 1. The fourth-order valence-electron chi connectivity index (χ4n) is 2.04. The van der Waals surface area contributed by atoms with Gasteiger partial charge in [0.1, 0.15) is 5.60 Å². The predicted molar refractivity (Wildman–Crippen MR) is 72.9 cm³/mol. The van der Waals surface area contributed by atoms with E-state index in [1.54, 1.807) is 20.8 Å². The number of ether oxygens (including phenoxy) is 1. The molecule has 0 unspecified atom stereocenters.